The molecule has 0 spiro atoms. The summed E-state index contributed by atoms with van der Waals surface area (Å²) in [6.07, 6.45) is 2.11. The molecule has 0 amide bonds. The fourth-order valence-corrected chi connectivity index (χ4v) is 4.82. The van der Waals surface area contributed by atoms with Crippen LogP contribution in [0, 0.1) is 6.92 Å². The van der Waals surface area contributed by atoms with Crippen LogP contribution in [0.4, 0.5) is 0 Å². The molecule has 0 atom stereocenters. The number of rotatable bonds is 8. The van der Waals surface area contributed by atoms with Gasteiger partial charge in [0.25, 0.3) is 5.89 Å². The van der Waals surface area contributed by atoms with E-state index in [1.54, 1.807) is 0 Å². The molecule has 4 aromatic rings. The average molecular weight is 515 g/mol. The lowest BCUT2D eigenvalue weighted by molar-refractivity contribution is -0.148. The number of hydrogen-bond donors (Lipinski definition) is 0. The number of carbonyl (C=O) groups excluding carboxylic acids is 1. The summed E-state index contributed by atoms with van der Waals surface area (Å²) in [5.74, 6) is 1.23. The molecular weight excluding hydrogens is 480 g/mol. The molecule has 2 aromatic carbocycles. The molecule has 5 rings (SSSR count). The monoisotopic (exact) mass is 514 g/mol. The van der Waals surface area contributed by atoms with Crippen LogP contribution in [0.25, 0.3) is 23.0 Å². The molecule has 2 aromatic heterocycles. The van der Waals surface area contributed by atoms with Gasteiger partial charge in [-0.25, -0.2) is 0 Å². The van der Waals surface area contributed by atoms with Crippen molar-refractivity contribution in [2.24, 2.45) is 0 Å². The van der Waals surface area contributed by atoms with Crippen LogP contribution in [0.5, 0.6) is 0 Å². The zero-order chi connectivity index (χ0) is 26.7. The van der Waals surface area contributed by atoms with Crippen LogP contribution in [-0.2, 0) is 26.2 Å². The summed E-state index contributed by atoms with van der Waals surface area (Å²) in [6, 6.07) is 18.3. The highest BCUT2D eigenvalue weighted by Crippen LogP contribution is 2.30. The molecule has 1 fully saturated rings. The van der Waals surface area contributed by atoms with Gasteiger partial charge in [-0.1, -0.05) is 53.7 Å². The summed E-state index contributed by atoms with van der Waals surface area (Å²) in [4.78, 5) is 17.1. The molecule has 1 saturated heterocycles. The van der Waals surface area contributed by atoms with Crippen LogP contribution in [0.1, 0.15) is 61.9 Å². The second-order valence-corrected chi connectivity index (χ2v) is 10.3. The van der Waals surface area contributed by atoms with Crippen LogP contribution in [0.15, 0.2) is 59.1 Å². The molecule has 3 heterocycles. The van der Waals surface area contributed by atoms with E-state index in [0.29, 0.717) is 36.5 Å². The van der Waals surface area contributed by atoms with Gasteiger partial charge in [0.1, 0.15) is 0 Å². The third kappa shape index (κ3) is 5.41. The van der Waals surface area contributed by atoms with E-state index in [-0.39, 0.29) is 5.97 Å². The Morgan fingerprint density at radius 2 is 1.87 bits per heavy atom. The van der Waals surface area contributed by atoms with Gasteiger partial charge in [-0.2, -0.15) is 10.1 Å². The summed E-state index contributed by atoms with van der Waals surface area (Å²) in [5.41, 5.74) is 5.03. The number of nitrogens with zero attached hydrogens (tertiary/aromatic N) is 4. The molecule has 8 nitrogen and oxygen atoms in total. The minimum atomic E-state index is -0.737. The summed E-state index contributed by atoms with van der Waals surface area (Å²) < 4.78 is 18.2. The Labute approximate surface area is 223 Å². The van der Waals surface area contributed by atoms with Gasteiger partial charge in [-0.15, -0.1) is 0 Å². The van der Waals surface area contributed by atoms with E-state index in [1.165, 1.54) is 5.56 Å². The maximum absolute atomic E-state index is 12.5. The standard InChI is InChI=1S/C30H34N4O4/c1-5-37-29(35)30(3,4)25-8-6-7-21(18-25)19-34-20(2)17-26(32-34)28-31-27(33-38-28)24-11-9-22(10-12-24)23-13-15-36-16-14-23/h6-12,17-18,23H,5,13-16,19H2,1-4H3. The van der Waals surface area contributed by atoms with Gasteiger partial charge < -0.3 is 14.0 Å². The number of esters is 1. The summed E-state index contributed by atoms with van der Waals surface area (Å²) in [5, 5.41) is 8.93. The number of aromatic nitrogens is 4. The van der Waals surface area contributed by atoms with E-state index in [1.807, 2.05) is 74.8 Å². The molecule has 8 heteroatoms. The van der Waals surface area contributed by atoms with Crippen molar-refractivity contribution in [3.63, 3.8) is 0 Å². The van der Waals surface area contributed by atoms with Crippen molar-refractivity contribution < 1.29 is 18.8 Å². The Hall–Kier alpha value is -3.78. The molecule has 1 aliphatic rings. The van der Waals surface area contributed by atoms with E-state index >= 15 is 0 Å². The summed E-state index contributed by atoms with van der Waals surface area (Å²) in [7, 11) is 0. The Morgan fingerprint density at radius 3 is 2.61 bits per heavy atom. The van der Waals surface area contributed by atoms with Crippen LogP contribution in [0.3, 0.4) is 0 Å². The van der Waals surface area contributed by atoms with Crippen LogP contribution in [-0.4, -0.2) is 45.7 Å². The molecule has 0 saturated carbocycles. The quantitative estimate of drug-likeness (QED) is 0.279. The molecule has 198 valence electrons. The fourth-order valence-electron chi connectivity index (χ4n) is 4.82. The van der Waals surface area contributed by atoms with Crippen LogP contribution >= 0.6 is 0 Å². The van der Waals surface area contributed by atoms with Crippen molar-refractivity contribution in [3.05, 3.63) is 77.0 Å². The van der Waals surface area contributed by atoms with E-state index in [9.17, 15) is 4.79 Å². The summed E-state index contributed by atoms with van der Waals surface area (Å²) in [6.45, 7) is 10.1. The zero-order valence-corrected chi connectivity index (χ0v) is 22.4. The molecule has 0 unspecified atom stereocenters. The second kappa shape index (κ2) is 10.9. The highest BCUT2D eigenvalue weighted by Gasteiger charge is 2.31. The SMILES string of the molecule is CCOC(=O)C(C)(C)c1cccc(Cn2nc(-c3nc(-c4ccc(C5CCOCC5)cc4)no3)cc2C)c1. The molecule has 1 aliphatic heterocycles. The number of hydrogen-bond acceptors (Lipinski definition) is 7. The average Bonchev–Trinajstić information content (AvgIpc) is 3.57. The van der Waals surface area contributed by atoms with E-state index in [0.717, 1.165) is 48.4 Å². The maximum atomic E-state index is 12.5. The predicted molar refractivity (Wildman–Crippen MR) is 144 cm³/mol. The van der Waals surface area contributed by atoms with Crippen molar-refractivity contribution in [2.75, 3.05) is 19.8 Å². The first-order chi connectivity index (χ1) is 18.3. The van der Waals surface area contributed by atoms with Crippen molar-refractivity contribution in [1.29, 1.82) is 0 Å². The zero-order valence-electron chi connectivity index (χ0n) is 22.4. The molecule has 0 radical (unpaired) electrons. The van der Waals surface area contributed by atoms with E-state index in [2.05, 4.69) is 22.3 Å². The van der Waals surface area contributed by atoms with Crippen molar-refractivity contribution >= 4 is 5.97 Å². The van der Waals surface area contributed by atoms with Gasteiger partial charge in [0.05, 0.1) is 18.6 Å². The molecule has 0 bridgehead atoms. The Bertz CT molecular complexity index is 1400. The first-order valence-corrected chi connectivity index (χ1v) is 13.2. The van der Waals surface area contributed by atoms with Crippen molar-refractivity contribution in [1.82, 2.24) is 19.9 Å². The van der Waals surface area contributed by atoms with Gasteiger partial charge >= 0.3 is 5.97 Å². The fraction of sp³-hybridized carbons (Fsp3) is 0.400. The Kier molecular flexibility index (Phi) is 7.42. The lowest BCUT2D eigenvalue weighted by Crippen LogP contribution is -2.31. The van der Waals surface area contributed by atoms with Gasteiger partial charge in [0, 0.05) is 24.5 Å². The predicted octanol–water partition coefficient (Wildman–Crippen LogP) is 5.69. The topological polar surface area (TPSA) is 92.3 Å². The van der Waals surface area contributed by atoms with Gasteiger partial charge in [0.2, 0.25) is 5.82 Å². The minimum absolute atomic E-state index is 0.236. The lowest BCUT2D eigenvalue weighted by atomic mass is 9.84. The number of carbonyl (C=O) groups is 1. The van der Waals surface area contributed by atoms with Crippen LogP contribution in [0.2, 0.25) is 0 Å². The number of aryl methyl sites for hydroxylation is 1. The largest absolute Gasteiger partial charge is 0.465 e. The molecule has 38 heavy (non-hydrogen) atoms. The number of ether oxygens (including phenoxy) is 2. The Balaban J connectivity index is 1.31. The van der Waals surface area contributed by atoms with Crippen molar-refractivity contribution in [3.8, 4) is 23.0 Å². The first kappa shape index (κ1) is 25.9. The smallest absolute Gasteiger partial charge is 0.315 e. The number of benzene rings is 2. The maximum Gasteiger partial charge on any atom is 0.315 e. The third-order valence-electron chi connectivity index (χ3n) is 7.25. The molecule has 0 N–H and O–H groups in total. The normalized spacial score (nSPS) is 14.5. The summed E-state index contributed by atoms with van der Waals surface area (Å²) >= 11 is 0. The van der Waals surface area contributed by atoms with Crippen LogP contribution < -0.4 is 0 Å². The van der Waals surface area contributed by atoms with Crippen molar-refractivity contribution in [2.45, 2.75) is 58.4 Å². The highest BCUT2D eigenvalue weighted by molar-refractivity contribution is 5.82. The van der Waals surface area contributed by atoms with Gasteiger partial charge in [-0.3, -0.25) is 9.48 Å². The Morgan fingerprint density at radius 1 is 1.11 bits per heavy atom. The molecule has 0 aliphatic carbocycles. The first-order valence-electron chi connectivity index (χ1n) is 13.2. The minimum Gasteiger partial charge on any atom is -0.465 e. The van der Waals surface area contributed by atoms with Gasteiger partial charge in [-0.05, 0) is 69.2 Å². The van der Waals surface area contributed by atoms with E-state index in [4.69, 9.17) is 19.1 Å². The van der Waals surface area contributed by atoms with Gasteiger partial charge in [0.15, 0.2) is 5.69 Å². The third-order valence-corrected chi connectivity index (χ3v) is 7.25. The highest BCUT2D eigenvalue weighted by atomic mass is 16.5. The molecular formula is C30H34N4O4. The second-order valence-electron chi connectivity index (χ2n) is 10.3. The lowest BCUT2D eigenvalue weighted by Gasteiger charge is -2.23. The van der Waals surface area contributed by atoms with E-state index < -0.39 is 5.41 Å².